The second-order valence-corrected chi connectivity index (χ2v) is 3.09. The zero-order valence-corrected chi connectivity index (χ0v) is 7.30. The normalized spacial score (nSPS) is 31.6. The smallest absolute Gasteiger partial charge is 0.0478 e. The number of hydrogen-bond donors (Lipinski definition) is 4. The van der Waals surface area contributed by atoms with Gasteiger partial charge in [0, 0.05) is 43.2 Å². The van der Waals surface area contributed by atoms with Gasteiger partial charge in [0.05, 0.1) is 0 Å². The molecule has 4 nitrogen and oxygen atoms in total. The van der Waals surface area contributed by atoms with Gasteiger partial charge in [0.25, 0.3) is 0 Å². The maximum atomic E-state index is 7.12. The summed E-state index contributed by atoms with van der Waals surface area (Å²) in [5.74, 6) is 0. The summed E-state index contributed by atoms with van der Waals surface area (Å²) in [4.78, 5) is 0. The first-order valence-electron chi connectivity index (χ1n) is 4.17. The molecule has 0 aliphatic carbocycles. The quantitative estimate of drug-likeness (QED) is 0.417. The van der Waals surface area contributed by atoms with Gasteiger partial charge in [-0.25, -0.2) is 0 Å². The van der Waals surface area contributed by atoms with Crippen molar-refractivity contribution in [1.82, 2.24) is 10.6 Å². The molecule has 12 heavy (non-hydrogen) atoms. The standard InChI is InChI=1S/C8H16N4/c1-6-4-11-5-8(12-6)7(2-9)3-10/h2-3,6,8-9,11-12H,4-5,10H2,1H3/b7-3+,9-2?. The molecule has 0 spiro atoms. The Kier molecular flexibility index (Phi) is 3.25. The molecule has 1 rings (SSSR count). The largest absolute Gasteiger partial charge is 0.404 e. The SMILES string of the molecule is CC1CNCC(/C(C=N)=C/N)N1. The number of nitrogens with two attached hydrogens (primary N) is 1. The van der Waals surface area contributed by atoms with E-state index in [4.69, 9.17) is 11.1 Å². The molecular weight excluding hydrogens is 152 g/mol. The van der Waals surface area contributed by atoms with Crippen LogP contribution in [0.1, 0.15) is 6.92 Å². The van der Waals surface area contributed by atoms with Crippen molar-refractivity contribution in [3.8, 4) is 0 Å². The van der Waals surface area contributed by atoms with Crippen LogP contribution in [0.2, 0.25) is 0 Å². The summed E-state index contributed by atoms with van der Waals surface area (Å²) in [6.07, 6.45) is 2.79. The van der Waals surface area contributed by atoms with E-state index in [1.54, 1.807) is 0 Å². The lowest BCUT2D eigenvalue weighted by Gasteiger charge is -2.29. The van der Waals surface area contributed by atoms with E-state index in [2.05, 4.69) is 17.6 Å². The molecule has 0 aromatic rings. The molecule has 2 unspecified atom stereocenters. The highest BCUT2D eigenvalue weighted by molar-refractivity contribution is 5.77. The Morgan fingerprint density at radius 3 is 2.83 bits per heavy atom. The van der Waals surface area contributed by atoms with Crippen molar-refractivity contribution in [3.05, 3.63) is 11.8 Å². The van der Waals surface area contributed by atoms with Crippen LogP contribution in [0.5, 0.6) is 0 Å². The molecule has 1 heterocycles. The number of rotatable bonds is 2. The van der Waals surface area contributed by atoms with Gasteiger partial charge in [0.1, 0.15) is 0 Å². The molecule has 2 atom stereocenters. The summed E-state index contributed by atoms with van der Waals surface area (Å²) in [5.41, 5.74) is 6.22. The van der Waals surface area contributed by atoms with Crippen LogP contribution >= 0.6 is 0 Å². The molecule has 4 heteroatoms. The highest BCUT2D eigenvalue weighted by atomic mass is 15.1. The minimum absolute atomic E-state index is 0.191. The zero-order valence-electron chi connectivity index (χ0n) is 7.30. The van der Waals surface area contributed by atoms with Crippen molar-refractivity contribution in [3.63, 3.8) is 0 Å². The minimum atomic E-state index is 0.191. The van der Waals surface area contributed by atoms with Crippen molar-refractivity contribution in [1.29, 1.82) is 5.41 Å². The highest BCUT2D eigenvalue weighted by Gasteiger charge is 2.18. The summed E-state index contributed by atoms with van der Waals surface area (Å²) < 4.78 is 0. The molecule has 1 aliphatic rings. The Morgan fingerprint density at radius 1 is 1.58 bits per heavy atom. The van der Waals surface area contributed by atoms with E-state index < -0.39 is 0 Å². The molecule has 1 aliphatic heterocycles. The van der Waals surface area contributed by atoms with Gasteiger partial charge in [-0.3, -0.25) is 0 Å². The van der Waals surface area contributed by atoms with Crippen molar-refractivity contribution >= 4 is 6.21 Å². The van der Waals surface area contributed by atoms with Crippen LogP contribution < -0.4 is 16.4 Å². The lowest BCUT2D eigenvalue weighted by atomic mass is 10.1. The molecule has 0 saturated carbocycles. The molecule has 68 valence electrons. The fraction of sp³-hybridized carbons (Fsp3) is 0.625. The third-order valence-corrected chi connectivity index (χ3v) is 2.05. The van der Waals surface area contributed by atoms with Gasteiger partial charge in [-0.05, 0) is 6.92 Å². The maximum absolute atomic E-state index is 7.12. The predicted molar refractivity (Wildman–Crippen MR) is 50.3 cm³/mol. The summed E-state index contributed by atoms with van der Waals surface area (Å²) in [7, 11) is 0. The number of hydrogen-bond acceptors (Lipinski definition) is 4. The van der Waals surface area contributed by atoms with Crippen LogP contribution in [0.25, 0.3) is 0 Å². The van der Waals surface area contributed by atoms with Gasteiger partial charge in [0.2, 0.25) is 0 Å². The zero-order chi connectivity index (χ0) is 8.97. The maximum Gasteiger partial charge on any atom is 0.0478 e. The van der Waals surface area contributed by atoms with E-state index in [0.717, 1.165) is 18.7 Å². The van der Waals surface area contributed by atoms with Crippen molar-refractivity contribution in [2.24, 2.45) is 5.73 Å². The third kappa shape index (κ3) is 2.06. The van der Waals surface area contributed by atoms with Gasteiger partial charge < -0.3 is 21.8 Å². The van der Waals surface area contributed by atoms with Crippen molar-refractivity contribution < 1.29 is 0 Å². The van der Waals surface area contributed by atoms with Crippen LogP contribution in [0.3, 0.4) is 0 Å². The van der Waals surface area contributed by atoms with Gasteiger partial charge in [-0.1, -0.05) is 0 Å². The van der Waals surface area contributed by atoms with Crippen LogP contribution in [0, 0.1) is 5.41 Å². The topological polar surface area (TPSA) is 73.9 Å². The van der Waals surface area contributed by atoms with E-state index in [1.165, 1.54) is 12.4 Å². The minimum Gasteiger partial charge on any atom is -0.404 e. The average molecular weight is 168 g/mol. The molecule has 0 amide bonds. The van der Waals surface area contributed by atoms with Gasteiger partial charge in [0.15, 0.2) is 0 Å². The Labute approximate surface area is 72.7 Å². The molecule has 1 saturated heterocycles. The second kappa shape index (κ2) is 4.23. The number of piperazine rings is 1. The predicted octanol–water partition coefficient (Wildman–Crippen LogP) is -0.572. The van der Waals surface area contributed by atoms with E-state index >= 15 is 0 Å². The van der Waals surface area contributed by atoms with Gasteiger partial charge in [-0.2, -0.15) is 0 Å². The molecular formula is C8H16N4. The first kappa shape index (κ1) is 9.22. The summed E-state index contributed by atoms with van der Waals surface area (Å²) in [5, 5.41) is 13.7. The Balaban J connectivity index is 2.55. The molecule has 0 aromatic heterocycles. The third-order valence-electron chi connectivity index (χ3n) is 2.05. The van der Waals surface area contributed by atoms with Crippen molar-refractivity contribution in [2.75, 3.05) is 13.1 Å². The van der Waals surface area contributed by atoms with Crippen LogP contribution in [-0.4, -0.2) is 31.4 Å². The van der Waals surface area contributed by atoms with Crippen LogP contribution in [0.4, 0.5) is 0 Å². The van der Waals surface area contributed by atoms with E-state index in [9.17, 15) is 0 Å². The summed E-state index contributed by atoms with van der Waals surface area (Å²) >= 11 is 0. The van der Waals surface area contributed by atoms with Gasteiger partial charge in [-0.15, -0.1) is 0 Å². The molecule has 0 bridgehead atoms. The monoisotopic (exact) mass is 168 g/mol. The Bertz CT molecular complexity index is 187. The van der Waals surface area contributed by atoms with E-state index in [0.29, 0.717) is 6.04 Å². The molecule has 0 aromatic carbocycles. The lowest BCUT2D eigenvalue weighted by Crippen LogP contribution is -2.54. The Morgan fingerprint density at radius 2 is 2.33 bits per heavy atom. The van der Waals surface area contributed by atoms with Crippen LogP contribution in [-0.2, 0) is 0 Å². The summed E-state index contributed by atoms with van der Waals surface area (Å²) in [6.45, 7) is 3.94. The molecule has 0 radical (unpaired) electrons. The van der Waals surface area contributed by atoms with Crippen LogP contribution in [0.15, 0.2) is 11.8 Å². The first-order chi connectivity index (χ1) is 5.77. The van der Waals surface area contributed by atoms with E-state index in [1.807, 2.05) is 0 Å². The summed E-state index contributed by atoms with van der Waals surface area (Å²) in [6, 6.07) is 0.634. The molecule has 5 N–H and O–H groups in total. The lowest BCUT2D eigenvalue weighted by molar-refractivity contribution is 0.388. The van der Waals surface area contributed by atoms with Gasteiger partial charge >= 0.3 is 0 Å². The molecule has 1 fully saturated rings. The van der Waals surface area contributed by atoms with Crippen molar-refractivity contribution in [2.45, 2.75) is 19.0 Å². The Hall–Kier alpha value is -0.870. The highest BCUT2D eigenvalue weighted by Crippen LogP contribution is 2.01. The van der Waals surface area contributed by atoms with E-state index in [-0.39, 0.29) is 6.04 Å². The average Bonchev–Trinajstić information content (AvgIpc) is 2.07. The fourth-order valence-electron chi connectivity index (χ4n) is 1.38. The fourth-order valence-corrected chi connectivity index (χ4v) is 1.38. The first-order valence-corrected chi connectivity index (χ1v) is 4.17. The second-order valence-electron chi connectivity index (χ2n) is 3.09. The number of nitrogens with one attached hydrogen (secondary N) is 3.